The molecule has 0 spiro atoms. The summed E-state index contributed by atoms with van der Waals surface area (Å²) >= 11 is 3.02. The predicted molar refractivity (Wildman–Crippen MR) is 68.5 cm³/mol. The minimum Gasteiger partial charge on any atom is -0.479 e. The Balaban J connectivity index is 3.26. The second kappa shape index (κ2) is 6.90. The number of hydrogen-bond acceptors (Lipinski definition) is 4. The third-order valence-corrected chi connectivity index (χ3v) is 2.80. The van der Waals surface area contributed by atoms with E-state index in [0.29, 0.717) is 6.07 Å². The maximum atomic E-state index is 12.1. The lowest BCUT2D eigenvalue weighted by atomic mass is 9.97. The Labute approximate surface area is 125 Å². The van der Waals surface area contributed by atoms with Crippen LogP contribution in [-0.2, 0) is 4.79 Å². The summed E-state index contributed by atoms with van der Waals surface area (Å²) in [6, 6.07) is 2.56. The molecule has 9 heteroatoms. The lowest BCUT2D eigenvalue weighted by Crippen LogP contribution is -2.19. The van der Waals surface area contributed by atoms with E-state index in [2.05, 4.69) is 20.7 Å². The van der Waals surface area contributed by atoms with Gasteiger partial charge in [0.2, 0.25) is 0 Å². The lowest BCUT2D eigenvalue weighted by Gasteiger charge is -2.15. The molecule has 21 heavy (non-hydrogen) atoms. The van der Waals surface area contributed by atoms with Crippen LogP contribution in [0.3, 0.4) is 0 Å². The fourth-order valence-corrected chi connectivity index (χ4v) is 1.93. The smallest absolute Gasteiger partial charge is 0.479 e. The molecule has 0 heterocycles. The van der Waals surface area contributed by atoms with E-state index >= 15 is 0 Å². The quantitative estimate of drug-likeness (QED) is 0.594. The zero-order chi connectivity index (χ0) is 16.2. The first-order valence-electron chi connectivity index (χ1n) is 5.55. The molecule has 1 rings (SSSR count). The van der Waals surface area contributed by atoms with Gasteiger partial charge in [-0.1, -0.05) is 15.9 Å². The Bertz CT molecular complexity index is 544. The van der Waals surface area contributed by atoms with E-state index in [0.717, 1.165) is 12.1 Å². The topological polar surface area (TPSA) is 83.8 Å². The van der Waals surface area contributed by atoms with Crippen LogP contribution in [0.1, 0.15) is 28.4 Å². The van der Waals surface area contributed by atoms with Gasteiger partial charge < -0.3 is 14.9 Å². The van der Waals surface area contributed by atoms with Gasteiger partial charge in [0.05, 0.1) is 0 Å². The highest BCUT2D eigenvalue weighted by atomic mass is 79.9. The van der Waals surface area contributed by atoms with Crippen LogP contribution < -0.4 is 4.74 Å². The fourth-order valence-electron chi connectivity index (χ4n) is 1.57. The van der Waals surface area contributed by atoms with Crippen molar-refractivity contribution in [3.8, 4) is 5.75 Å². The number of rotatable bonds is 6. The third kappa shape index (κ3) is 5.01. The van der Waals surface area contributed by atoms with Crippen LogP contribution in [-0.4, -0.2) is 33.7 Å². The van der Waals surface area contributed by atoms with Gasteiger partial charge in [-0.05, 0) is 18.2 Å². The number of carbonyl (C=O) groups excluding carboxylic acids is 1. The average molecular weight is 371 g/mol. The van der Waals surface area contributed by atoms with E-state index in [1.54, 1.807) is 0 Å². The van der Waals surface area contributed by atoms with Gasteiger partial charge in [0.1, 0.15) is 5.75 Å². The van der Waals surface area contributed by atoms with Crippen molar-refractivity contribution in [3.05, 3.63) is 29.3 Å². The van der Waals surface area contributed by atoms with E-state index in [9.17, 15) is 27.9 Å². The first kappa shape index (κ1) is 17.4. The van der Waals surface area contributed by atoms with Crippen LogP contribution in [0.4, 0.5) is 13.2 Å². The fraction of sp³-hybridized carbons (Fsp3) is 0.333. The molecule has 5 nitrogen and oxygen atoms in total. The van der Waals surface area contributed by atoms with Crippen molar-refractivity contribution in [1.82, 2.24) is 0 Å². The number of Topliss-reactive ketones (excluding diaryl/α,β-unsaturated/α-hetero) is 1. The van der Waals surface area contributed by atoms with Gasteiger partial charge >= 0.3 is 12.3 Å². The molecule has 0 aliphatic heterocycles. The molecule has 1 aromatic rings. The Morgan fingerprint density at radius 2 is 1.95 bits per heavy atom. The van der Waals surface area contributed by atoms with E-state index in [4.69, 9.17) is 5.11 Å². The van der Waals surface area contributed by atoms with E-state index < -0.39 is 35.5 Å². The van der Waals surface area contributed by atoms with Crippen molar-refractivity contribution in [2.75, 3.05) is 5.33 Å². The number of aliphatic hydroxyl groups is 1. The van der Waals surface area contributed by atoms with Gasteiger partial charge in [-0.3, -0.25) is 4.79 Å². The highest BCUT2D eigenvalue weighted by Gasteiger charge is 2.32. The molecule has 0 aliphatic rings. The van der Waals surface area contributed by atoms with Crippen LogP contribution >= 0.6 is 15.9 Å². The maximum Gasteiger partial charge on any atom is 0.573 e. The Hall–Kier alpha value is -1.61. The van der Waals surface area contributed by atoms with Crippen molar-refractivity contribution in [2.45, 2.75) is 18.9 Å². The van der Waals surface area contributed by atoms with Crippen LogP contribution in [0, 0.1) is 0 Å². The molecule has 0 bridgehead atoms. The summed E-state index contributed by atoms with van der Waals surface area (Å²) in [6.45, 7) is 0. The monoisotopic (exact) mass is 370 g/mol. The number of carboxylic acid groups (broad SMARTS) is 1. The summed E-state index contributed by atoms with van der Waals surface area (Å²) < 4.78 is 40.1. The molecule has 2 N–H and O–H groups in total. The molecule has 0 fully saturated rings. The SMILES string of the molecule is O=C(CCBr)c1ccc(OC(F)(F)F)cc1C(O)C(=O)O. The Morgan fingerprint density at radius 1 is 1.33 bits per heavy atom. The van der Waals surface area contributed by atoms with Crippen LogP contribution in [0.5, 0.6) is 5.75 Å². The van der Waals surface area contributed by atoms with Gasteiger partial charge in [0.15, 0.2) is 11.9 Å². The van der Waals surface area contributed by atoms with Crippen LogP contribution in [0.2, 0.25) is 0 Å². The molecule has 1 atom stereocenters. The zero-order valence-corrected chi connectivity index (χ0v) is 11.9. The first-order chi connectivity index (χ1) is 9.65. The number of aliphatic hydroxyl groups excluding tert-OH is 1. The minimum atomic E-state index is -4.97. The second-order valence-electron chi connectivity index (χ2n) is 3.90. The molecule has 0 amide bonds. The third-order valence-electron chi connectivity index (χ3n) is 2.41. The van der Waals surface area contributed by atoms with Gasteiger partial charge in [-0.25, -0.2) is 4.79 Å². The number of carbonyl (C=O) groups is 2. The highest BCUT2D eigenvalue weighted by Crippen LogP contribution is 2.29. The number of alkyl halides is 4. The van der Waals surface area contributed by atoms with E-state index in [-0.39, 0.29) is 17.3 Å². The summed E-state index contributed by atoms with van der Waals surface area (Å²) in [5.74, 6) is -2.92. The van der Waals surface area contributed by atoms with Crippen molar-refractivity contribution < 1.29 is 37.7 Å². The van der Waals surface area contributed by atoms with Gasteiger partial charge in [0, 0.05) is 22.9 Å². The molecular weight excluding hydrogens is 361 g/mol. The van der Waals surface area contributed by atoms with Crippen LogP contribution in [0.15, 0.2) is 18.2 Å². The number of aliphatic carboxylic acids is 1. The molecule has 116 valence electrons. The van der Waals surface area contributed by atoms with Crippen molar-refractivity contribution in [3.63, 3.8) is 0 Å². The molecule has 0 aliphatic carbocycles. The van der Waals surface area contributed by atoms with Crippen molar-refractivity contribution in [1.29, 1.82) is 0 Å². The number of hydrogen-bond donors (Lipinski definition) is 2. The lowest BCUT2D eigenvalue weighted by molar-refractivity contribution is -0.274. The van der Waals surface area contributed by atoms with Gasteiger partial charge in [-0.2, -0.15) is 0 Å². The molecule has 1 unspecified atom stereocenters. The Morgan fingerprint density at radius 3 is 2.43 bits per heavy atom. The number of halogens is 4. The largest absolute Gasteiger partial charge is 0.573 e. The predicted octanol–water partition coefficient (Wildman–Crippen LogP) is 2.67. The standard InChI is InChI=1S/C12H10BrF3O5/c13-4-3-9(17)7-2-1-6(21-12(14,15)16)5-8(7)10(18)11(19)20/h1-2,5,10,18H,3-4H2,(H,19,20). The zero-order valence-electron chi connectivity index (χ0n) is 10.4. The number of ether oxygens (including phenoxy) is 1. The summed E-state index contributed by atoms with van der Waals surface area (Å²) in [4.78, 5) is 22.6. The molecule has 0 radical (unpaired) electrons. The van der Waals surface area contributed by atoms with Crippen molar-refractivity contribution in [2.24, 2.45) is 0 Å². The molecule has 0 aromatic heterocycles. The number of ketones is 1. The number of carboxylic acids is 1. The van der Waals surface area contributed by atoms with Crippen molar-refractivity contribution >= 4 is 27.7 Å². The molecule has 0 saturated heterocycles. The molecular formula is C12H10BrF3O5. The highest BCUT2D eigenvalue weighted by molar-refractivity contribution is 9.09. The summed E-state index contributed by atoms with van der Waals surface area (Å²) in [5.41, 5.74) is -0.617. The summed E-state index contributed by atoms with van der Waals surface area (Å²) in [7, 11) is 0. The minimum absolute atomic E-state index is 0.00118. The maximum absolute atomic E-state index is 12.1. The van der Waals surface area contributed by atoms with E-state index in [1.807, 2.05) is 0 Å². The summed E-state index contributed by atoms with van der Waals surface area (Å²) in [5, 5.41) is 18.6. The normalized spacial score (nSPS) is 12.8. The van der Waals surface area contributed by atoms with E-state index in [1.165, 1.54) is 0 Å². The summed E-state index contributed by atoms with van der Waals surface area (Å²) in [6.07, 6.45) is -7.10. The second-order valence-corrected chi connectivity index (χ2v) is 4.69. The average Bonchev–Trinajstić information content (AvgIpc) is 2.35. The Kier molecular flexibility index (Phi) is 5.73. The van der Waals surface area contributed by atoms with Gasteiger partial charge in [-0.15, -0.1) is 13.2 Å². The molecule has 0 saturated carbocycles. The first-order valence-corrected chi connectivity index (χ1v) is 6.67. The van der Waals surface area contributed by atoms with Gasteiger partial charge in [0.25, 0.3) is 0 Å². The van der Waals surface area contributed by atoms with Crippen LogP contribution in [0.25, 0.3) is 0 Å². The number of benzene rings is 1. The molecule has 1 aromatic carbocycles.